The molecule has 0 aliphatic heterocycles. The number of benzene rings is 2. The minimum atomic E-state index is -0.627. The van der Waals surface area contributed by atoms with Crippen LogP contribution in [0.1, 0.15) is 16.7 Å². The first-order valence-corrected chi connectivity index (χ1v) is 8.87. The van der Waals surface area contributed by atoms with Crippen molar-refractivity contribution in [1.82, 2.24) is 14.8 Å². The van der Waals surface area contributed by atoms with Crippen molar-refractivity contribution >= 4 is 21.9 Å². The number of rotatable bonds is 5. The number of aromatic nitrogens is 3. The van der Waals surface area contributed by atoms with Crippen molar-refractivity contribution in [2.45, 2.75) is 11.7 Å². The van der Waals surface area contributed by atoms with E-state index in [0.29, 0.717) is 0 Å². The second kappa shape index (κ2) is 7.98. The zero-order valence-corrected chi connectivity index (χ0v) is 14.5. The summed E-state index contributed by atoms with van der Waals surface area (Å²) in [5, 5.41) is 7.61. The van der Waals surface area contributed by atoms with Crippen molar-refractivity contribution in [2.24, 2.45) is 0 Å². The summed E-state index contributed by atoms with van der Waals surface area (Å²) in [5.41, 5.74) is 2.32. The van der Waals surface area contributed by atoms with Gasteiger partial charge in [-0.2, -0.15) is 0 Å². The standard InChI is InChI=1S/C16H15F2N3Si.ClH/c17-14-5-1-12(2-6-14)16(13-3-7-15(18)8-4-13)22-11-21-9-19-20-10-21;/h1-10,16H,11,22H2;1H. The SMILES string of the molecule is Cl.Fc1ccc(C([SiH2]Cn2cnnc2)c2ccc(F)cc2)cc1. The van der Waals surface area contributed by atoms with Crippen LogP contribution in [0.4, 0.5) is 8.78 Å². The van der Waals surface area contributed by atoms with Gasteiger partial charge >= 0.3 is 0 Å². The molecule has 0 aliphatic rings. The van der Waals surface area contributed by atoms with E-state index in [1.807, 2.05) is 28.8 Å². The van der Waals surface area contributed by atoms with Gasteiger partial charge in [-0.15, -0.1) is 22.6 Å². The summed E-state index contributed by atoms with van der Waals surface area (Å²) in [6, 6.07) is 13.1. The lowest BCUT2D eigenvalue weighted by molar-refractivity contribution is 0.626. The van der Waals surface area contributed by atoms with Crippen molar-refractivity contribution in [3.05, 3.63) is 83.9 Å². The van der Waals surface area contributed by atoms with Gasteiger partial charge in [0.2, 0.25) is 0 Å². The molecule has 0 unspecified atom stereocenters. The molecule has 0 saturated carbocycles. The number of nitrogens with zero attached hydrogens (tertiary/aromatic N) is 3. The molecule has 23 heavy (non-hydrogen) atoms. The fourth-order valence-corrected chi connectivity index (χ4v) is 4.53. The van der Waals surface area contributed by atoms with Crippen LogP contribution in [0.25, 0.3) is 0 Å². The van der Waals surface area contributed by atoms with Crippen molar-refractivity contribution in [3.8, 4) is 0 Å². The highest BCUT2D eigenvalue weighted by Crippen LogP contribution is 2.24. The molecule has 120 valence electrons. The Morgan fingerprint density at radius 1 is 0.826 bits per heavy atom. The van der Waals surface area contributed by atoms with Gasteiger partial charge in [0.05, 0.1) is 9.52 Å². The molecule has 0 spiro atoms. The van der Waals surface area contributed by atoms with Crippen LogP contribution in [-0.4, -0.2) is 24.3 Å². The van der Waals surface area contributed by atoms with Gasteiger partial charge in [-0.1, -0.05) is 24.3 Å². The Kier molecular flexibility index (Phi) is 6.01. The molecule has 1 heterocycles. The van der Waals surface area contributed by atoms with E-state index in [9.17, 15) is 8.78 Å². The predicted molar refractivity (Wildman–Crippen MR) is 90.5 cm³/mol. The van der Waals surface area contributed by atoms with Crippen LogP contribution < -0.4 is 0 Å². The zero-order chi connectivity index (χ0) is 15.4. The van der Waals surface area contributed by atoms with Crippen molar-refractivity contribution in [3.63, 3.8) is 0 Å². The van der Waals surface area contributed by atoms with E-state index in [4.69, 9.17) is 0 Å². The molecule has 0 radical (unpaired) electrons. The molecule has 0 saturated heterocycles. The van der Waals surface area contributed by atoms with Crippen LogP contribution in [0.2, 0.25) is 0 Å². The molecule has 0 aliphatic carbocycles. The molecule has 3 nitrogen and oxygen atoms in total. The van der Waals surface area contributed by atoms with Gasteiger partial charge < -0.3 is 4.57 Å². The largest absolute Gasteiger partial charge is 0.324 e. The quantitative estimate of drug-likeness (QED) is 0.662. The Bertz CT molecular complexity index is 673. The molecule has 2 aromatic carbocycles. The Morgan fingerprint density at radius 3 is 1.70 bits per heavy atom. The molecule has 0 amide bonds. The second-order valence-electron chi connectivity index (χ2n) is 5.14. The first-order chi connectivity index (χ1) is 10.7. The first kappa shape index (κ1) is 17.3. The Labute approximate surface area is 141 Å². The summed E-state index contributed by atoms with van der Waals surface area (Å²) < 4.78 is 28.3. The Hall–Kier alpha value is -2.05. The normalized spacial score (nSPS) is 11.1. The van der Waals surface area contributed by atoms with Crippen molar-refractivity contribution in [1.29, 1.82) is 0 Å². The molecule has 3 rings (SSSR count). The predicted octanol–water partition coefficient (Wildman–Crippen LogP) is 2.89. The molecule has 0 N–H and O–H groups in total. The van der Waals surface area contributed by atoms with Gasteiger partial charge in [-0.25, -0.2) is 8.78 Å². The van der Waals surface area contributed by atoms with E-state index in [1.54, 1.807) is 12.7 Å². The van der Waals surface area contributed by atoms with Gasteiger partial charge in [0, 0.05) is 6.17 Å². The van der Waals surface area contributed by atoms with Gasteiger partial charge in [-0.05, 0) is 40.9 Å². The van der Waals surface area contributed by atoms with Crippen LogP contribution in [-0.2, 0) is 6.17 Å². The first-order valence-electron chi connectivity index (χ1n) is 7.06. The minimum Gasteiger partial charge on any atom is -0.324 e. The van der Waals surface area contributed by atoms with E-state index in [1.165, 1.54) is 24.3 Å². The summed E-state index contributed by atoms with van der Waals surface area (Å²) in [5.74, 6) is -0.496. The van der Waals surface area contributed by atoms with Crippen LogP contribution >= 0.6 is 12.4 Å². The van der Waals surface area contributed by atoms with Gasteiger partial charge in [0.1, 0.15) is 24.3 Å². The van der Waals surface area contributed by atoms with E-state index in [2.05, 4.69) is 10.2 Å². The van der Waals surface area contributed by atoms with E-state index in [0.717, 1.165) is 17.3 Å². The Morgan fingerprint density at radius 2 is 1.26 bits per heavy atom. The van der Waals surface area contributed by atoms with E-state index < -0.39 is 9.52 Å². The molecule has 3 aromatic rings. The zero-order valence-electron chi connectivity index (χ0n) is 12.3. The summed E-state index contributed by atoms with van der Waals surface area (Å²) >= 11 is 0. The van der Waals surface area contributed by atoms with Crippen molar-refractivity contribution in [2.75, 3.05) is 0 Å². The summed E-state index contributed by atoms with van der Waals surface area (Å²) in [6.07, 6.45) is 4.26. The fraction of sp³-hybridized carbons (Fsp3) is 0.125. The minimum absolute atomic E-state index is 0. The average Bonchev–Trinajstić information content (AvgIpc) is 3.04. The van der Waals surface area contributed by atoms with E-state index >= 15 is 0 Å². The monoisotopic (exact) mass is 351 g/mol. The van der Waals surface area contributed by atoms with Gasteiger partial charge in [0.15, 0.2) is 0 Å². The van der Waals surface area contributed by atoms with Crippen LogP contribution in [0.15, 0.2) is 61.2 Å². The lowest BCUT2D eigenvalue weighted by atomic mass is 10.0. The molecule has 7 heteroatoms. The molecule has 1 aromatic heterocycles. The summed E-state index contributed by atoms with van der Waals surface area (Å²) in [6.45, 7) is 0. The van der Waals surface area contributed by atoms with Crippen LogP contribution in [0.5, 0.6) is 0 Å². The van der Waals surface area contributed by atoms with E-state index in [-0.39, 0.29) is 29.6 Å². The lowest BCUT2D eigenvalue weighted by Crippen LogP contribution is -2.16. The highest BCUT2D eigenvalue weighted by Gasteiger charge is 2.15. The second-order valence-corrected chi connectivity index (χ2v) is 6.99. The highest BCUT2D eigenvalue weighted by atomic mass is 35.5. The fourth-order valence-electron chi connectivity index (χ4n) is 2.53. The topological polar surface area (TPSA) is 30.7 Å². The maximum Gasteiger partial charge on any atom is 0.123 e. The van der Waals surface area contributed by atoms with Crippen LogP contribution in [0, 0.1) is 11.6 Å². The Balaban J connectivity index is 0.00000192. The maximum atomic E-state index is 13.2. The molecule has 0 bridgehead atoms. The third-order valence-corrected chi connectivity index (χ3v) is 5.98. The van der Waals surface area contributed by atoms with Gasteiger partial charge in [-0.3, -0.25) is 0 Å². The smallest absolute Gasteiger partial charge is 0.123 e. The molecular formula is C16H16ClF2N3Si. The molecule has 0 fully saturated rings. The number of halogens is 3. The molecular weight excluding hydrogens is 336 g/mol. The van der Waals surface area contributed by atoms with Gasteiger partial charge in [0.25, 0.3) is 0 Å². The lowest BCUT2D eigenvalue weighted by Gasteiger charge is -2.18. The third-order valence-electron chi connectivity index (χ3n) is 3.69. The average molecular weight is 352 g/mol. The highest BCUT2D eigenvalue weighted by molar-refractivity contribution is 6.37. The number of hydrogen-bond donors (Lipinski definition) is 0. The van der Waals surface area contributed by atoms with Crippen molar-refractivity contribution < 1.29 is 8.78 Å². The number of hydrogen-bond acceptors (Lipinski definition) is 2. The summed E-state index contributed by atoms with van der Waals surface area (Å²) in [7, 11) is -0.627. The molecule has 0 atom stereocenters. The summed E-state index contributed by atoms with van der Waals surface area (Å²) in [4.78, 5) is 0. The van der Waals surface area contributed by atoms with Crippen LogP contribution in [0.3, 0.4) is 0 Å². The maximum absolute atomic E-state index is 13.2. The third kappa shape index (κ3) is 4.46.